The van der Waals surface area contributed by atoms with E-state index in [2.05, 4.69) is 16.9 Å². The lowest BCUT2D eigenvalue weighted by molar-refractivity contribution is -0.141. The highest BCUT2D eigenvalue weighted by Gasteiger charge is 2.33. The Morgan fingerprint density at radius 1 is 0.789 bits per heavy atom. The second-order valence-corrected chi connectivity index (χ2v) is 10.3. The van der Waals surface area contributed by atoms with Gasteiger partial charge in [0.2, 0.25) is 0 Å². The number of unbranched alkanes of at least 4 members (excludes halogenated alkanes) is 8. The van der Waals surface area contributed by atoms with E-state index < -0.39 is 11.4 Å². The molecule has 2 aromatic carbocycles. The summed E-state index contributed by atoms with van der Waals surface area (Å²) in [5.74, 6) is 0.631. The third kappa shape index (κ3) is 8.52. The molecule has 0 spiro atoms. The van der Waals surface area contributed by atoms with Gasteiger partial charge in [0.05, 0.1) is 6.07 Å². The standard InChI is InChI=1S/C33H41N3O2/c1-4-6-7-8-9-10-11-12-13-14-26-23-35-31(36-24-26)29-17-15-27(16-18-29)28-19-21-30(22-20-28)38-32(37)33(3,5-2)25-34/h15-24H,4-14H2,1-3H3. The van der Waals surface area contributed by atoms with E-state index in [-0.39, 0.29) is 0 Å². The van der Waals surface area contributed by atoms with Crippen molar-refractivity contribution in [1.82, 2.24) is 9.97 Å². The van der Waals surface area contributed by atoms with Crippen LogP contribution in [0.15, 0.2) is 60.9 Å². The molecule has 1 unspecified atom stereocenters. The van der Waals surface area contributed by atoms with Crippen LogP contribution in [-0.2, 0) is 11.2 Å². The van der Waals surface area contributed by atoms with Gasteiger partial charge in [-0.3, -0.25) is 0 Å². The molecule has 3 aromatic rings. The molecule has 5 nitrogen and oxygen atoms in total. The number of rotatable bonds is 15. The highest BCUT2D eigenvalue weighted by Crippen LogP contribution is 2.27. The monoisotopic (exact) mass is 511 g/mol. The Kier molecular flexibility index (Phi) is 11.5. The second kappa shape index (κ2) is 15.0. The topological polar surface area (TPSA) is 75.9 Å². The number of benzene rings is 2. The highest BCUT2D eigenvalue weighted by molar-refractivity contribution is 5.81. The van der Waals surface area contributed by atoms with Crippen molar-refractivity contribution >= 4 is 5.97 Å². The van der Waals surface area contributed by atoms with Crippen molar-refractivity contribution < 1.29 is 9.53 Å². The predicted octanol–water partition coefficient (Wildman–Crippen LogP) is 8.73. The Labute approximate surface area is 228 Å². The molecule has 0 N–H and O–H groups in total. The lowest BCUT2D eigenvalue weighted by atomic mass is 9.90. The van der Waals surface area contributed by atoms with Gasteiger partial charge in [0.25, 0.3) is 0 Å². The summed E-state index contributed by atoms with van der Waals surface area (Å²) in [4.78, 5) is 21.5. The summed E-state index contributed by atoms with van der Waals surface area (Å²) in [5, 5.41) is 9.27. The molecule has 0 bridgehead atoms. The summed E-state index contributed by atoms with van der Waals surface area (Å²) in [6.45, 7) is 5.66. The van der Waals surface area contributed by atoms with Crippen LogP contribution < -0.4 is 4.74 Å². The molecule has 0 aliphatic rings. The molecule has 0 radical (unpaired) electrons. The van der Waals surface area contributed by atoms with E-state index in [0.29, 0.717) is 12.2 Å². The average Bonchev–Trinajstić information content (AvgIpc) is 2.96. The molecular weight excluding hydrogens is 470 g/mol. The van der Waals surface area contributed by atoms with Crippen molar-refractivity contribution in [3.05, 3.63) is 66.5 Å². The fourth-order valence-electron chi connectivity index (χ4n) is 4.29. The highest BCUT2D eigenvalue weighted by atomic mass is 16.5. The number of aromatic nitrogens is 2. The minimum atomic E-state index is -1.14. The Morgan fingerprint density at radius 2 is 1.29 bits per heavy atom. The summed E-state index contributed by atoms with van der Waals surface area (Å²) < 4.78 is 5.42. The minimum absolute atomic E-state index is 0.401. The van der Waals surface area contributed by atoms with E-state index in [9.17, 15) is 10.1 Å². The van der Waals surface area contributed by atoms with Gasteiger partial charge in [-0.15, -0.1) is 0 Å². The van der Waals surface area contributed by atoms with E-state index in [4.69, 9.17) is 4.74 Å². The molecule has 1 heterocycles. The van der Waals surface area contributed by atoms with Crippen LogP contribution in [0.1, 0.15) is 90.5 Å². The SMILES string of the molecule is CCCCCCCCCCCc1cnc(-c2ccc(-c3ccc(OC(=O)C(C)(C#N)CC)cc3)cc2)nc1. The number of ether oxygens (including phenoxy) is 1. The zero-order chi connectivity index (χ0) is 27.2. The predicted molar refractivity (Wildman–Crippen MR) is 153 cm³/mol. The van der Waals surface area contributed by atoms with Crippen molar-refractivity contribution in [1.29, 1.82) is 5.26 Å². The van der Waals surface area contributed by atoms with Crippen LogP contribution in [0.3, 0.4) is 0 Å². The van der Waals surface area contributed by atoms with Crippen molar-refractivity contribution in [3.8, 4) is 34.3 Å². The van der Waals surface area contributed by atoms with Crippen LogP contribution in [0.25, 0.3) is 22.5 Å². The lowest BCUT2D eigenvalue weighted by Crippen LogP contribution is -2.29. The number of carbonyl (C=O) groups excluding carboxylic acids is 1. The molecule has 3 rings (SSSR count). The number of carbonyl (C=O) groups is 1. The first-order valence-electron chi connectivity index (χ1n) is 14.1. The fourth-order valence-corrected chi connectivity index (χ4v) is 4.29. The van der Waals surface area contributed by atoms with E-state index in [1.807, 2.05) is 54.9 Å². The maximum atomic E-state index is 12.3. The van der Waals surface area contributed by atoms with Crippen LogP contribution in [0, 0.1) is 16.7 Å². The molecule has 0 aliphatic carbocycles. The third-order valence-corrected chi connectivity index (χ3v) is 7.22. The summed E-state index contributed by atoms with van der Waals surface area (Å²) >= 11 is 0. The molecule has 38 heavy (non-hydrogen) atoms. The van der Waals surface area contributed by atoms with Crippen LogP contribution >= 0.6 is 0 Å². The number of esters is 1. The van der Waals surface area contributed by atoms with E-state index in [1.165, 1.54) is 63.4 Å². The third-order valence-electron chi connectivity index (χ3n) is 7.22. The van der Waals surface area contributed by atoms with E-state index in [1.54, 1.807) is 26.0 Å². The lowest BCUT2D eigenvalue weighted by Gasteiger charge is -2.17. The fraction of sp³-hybridized carbons (Fsp3) is 0.455. The van der Waals surface area contributed by atoms with Gasteiger partial charge in [0.15, 0.2) is 11.2 Å². The first-order valence-corrected chi connectivity index (χ1v) is 14.1. The zero-order valence-corrected chi connectivity index (χ0v) is 23.2. The van der Waals surface area contributed by atoms with E-state index in [0.717, 1.165) is 28.9 Å². The Morgan fingerprint density at radius 3 is 1.82 bits per heavy atom. The number of nitriles is 1. The number of nitrogens with zero attached hydrogens (tertiary/aromatic N) is 3. The summed E-state index contributed by atoms with van der Waals surface area (Å²) in [5.41, 5.74) is 3.09. The molecule has 1 atom stereocenters. The van der Waals surface area contributed by atoms with Crippen molar-refractivity contribution in [2.45, 2.75) is 91.4 Å². The Bertz CT molecular complexity index is 1160. The number of aryl methyl sites for hydroxylation is 1. The molecule has 0 aliphatic heterocycles. The van der Waals surface area contributed by atoms with Gasteiger partial charge in [-0.25, -0.2) is 14.8 Å². The number of hydrogen-bond acceptors (Lipinski definition) is 5. The van der Waals surface area contributed by atoms with E-state index >= 15 is 0 Å². The largest absolute Gasteiger partial charge is 0.425 e. The van der Waals surface area contributed by atoms with Gasteiger partial charge in [0.1, 0.15) is 5.75 Å². The Hall–Kier alpha value is -3.52. The van der Waals surface area contributed by atoms with Crippen LogP contribution in [0.5, 0.6) is 5.75 Å². The minimum Gasteiger partial charge on any atom is -0.425 e. The molecule has 0 saturated heterocycles. The normalized spacial score (nSPS) is 12.5. The van der Waals surface area contributed by atoms with Gasteiger partial charge < -0.3 is 4.74 Å². The van der Waals surface area contributed by atoms with Gasteiger partial charge in [-0.05, 0) is 55.0 Å². The summed E-state index contributed by atoms with van der Waals surface area (Å²) in [7, 11) is 0. The molecule has 0 amide bonds. The molecule has 1 aromatic heterocycles. The van der Waals surface area contributed by atoms with Crippen LogP contribution in [0.4, 0.5) is 0 Å². The molecular formula is C33H41N3O2. The maximum absolute atomic E-state index is 12.3. The quantitative estimate of drug-likeness (QED) is 0.116. The van der Waals surface area contributed by atoms with Crippen molar-refractivity contribution in [2.75, 3.05) is 0 Å². The maximum Gasteiger partial charge on any atom is 0.331 e. The Balaban J connectivity index is 1.47. The summed E-state index contributed by atoms with van der Waals surface area (Å²) in [6.07, 6.45) is 17.3. The molecule has 0 fully saturated rings. The molecule has 0 saturated carbocycles. The van der Waals surface area contributed by atoms with Gasteiger partial charge in [-0.2, -0.15) is 5.26 Å². The molecule has 5 heteroatoms. The first-order chi connectivity index (χ1) is 18.5. The van der Waals surface area contributed by atoms with Gasteiger partial charge in [0, 0.05) is 18.0 Å². The van der Waals surface area contributed by atoms with Crippen molar-refractivity contribution in [2.24, 2.45) is 5.41 Å². The van der Waals surface area contributed by atoms with Crippen molar-refractivity contribution in [3.63, 3.8) is 0 Å². The average molecular weight is 512 g/mol. The van der Waals surface area contributed by atoms with Crippen LogP contribution in [0.2, 0.25) is 0 Å². The number of hydrogen-bond donors (Lipinski definition) is 0. The van der Waals surface area contributed by atoms with Crippen LogP contribution in [-0.4, -0.2) is 15.9 Å². The zero-order valence-electron chi connectivity index (χ0n) is 23.2. The van der Waals surface area contributed by atoms with Gasteiger partial charge >= 0.3 is 5.97 Å². The summed E-state index contributed by atoms with van der Waals surface area (Å²) in [6, 6.07) is 17.5. The van der Waals surface area contributed by atoms with Gasteiger partial charge in [-0.1, -0.05) is 102 Å². The first kappa shape index (κ1) is 29.0. The smallest absolute Gasteiger partial charge is 0.331 e. The molecule has 200 valence electrons. The second-order valence-electron chi connectivity index (χ2n) is 10.3.